The SMILES string of the molecule is C=CCC(C)N1CCNC(C(C)CC)C1. The number of nitrogens with one attached hydrogen (secondary N) is 1. The standard InChI is InChI=1S/C13H26N2/c1-5-7-12(4)15-9-8-14-13(10-15)11(3)6-2/h5,11-14H,1,6-10H2,2-4H3. The summed E-state index contributed by atoms with van der Waals surface area (Å²) < 4.78 is 0. The third-order valence-electron chi connectivity index (χ3n) is 3.70. The molecule has 2 nitrogen and oxygen atoms in total. The Morgan fingerprint density at radius 1 is 1.53 bits per heavy atom. The molecule has 0 radical (unpaired) electrons. The lowest BCUT2D eigenvalue weighted by Gasteiger charge is -2.39. The van der Waals surface area contributed by atoms with Gasteiger partial charge in [-0.15, -0.1) is 6.58 Å². The van der Waals surface area contributed by atoms with Crippen molar-refractivity contribution >= 4 is 0 Å². The van der Waals surface area contributed by atoms with Gasteiger partial charge >= 0.3 is 0 Å². The first-order chi connectivity index (χ1) is 7.19. The first-order valence-electron chi connectivity index (χ1n) is 6.27. The summed E-state index contributed by atoms with van der Waals surface area (Å²) in [5.41, 5.74) is 0. The third-order valence-corrected chi connectivity index (χ3v) is 3.70. The van der Waals surface area contributed by atoms with Gasteiger partial charge in [0.15, 0.2) is 0 Å². The van der Waals surface area contributed by atoms with Crippen LogP contribution >= 0.6 is 0 Å². The summed E-state index contributed by atoms with van der Waals surface area (Å²) in [4.78, 5) is 2.59. The van der Waals surface area contributed by atoms with Crippen LogP contribution < -0.4 is 5.32 Å². The average Bonchev–Trinajstić information content (AvgIpc) is 2.28. The Balaban J connectivity index is 2.44. The van der Waals surface area contributed by atoms with E-state index in [0.717, 1.165) is 18.9 Å². The molecular formula is C13H26N2. The number of hydrogen-bond acceptors (Lipinski definition) is 2. The summed E-state index contributed by atoms with van der Waals surface area (Å²) in [6.45, 7) is 14.3. The molecule has 15 heavy (non-hydrogen) atoms. The fourth-order valence-electron chi connectivity index (χ4n) is 2.26. The lowest BCUT2D eigenvalue weighted by Crippen LogP contribution is -2.55. The van der Waals surface area contributed by atoms with Gasteiger partial charge in [-0.1, -0.05) is 26.3 Å². The Bertz CT molecular complexity index is 191. The van der Waals surface area contributed by atoms with Crippen LogP contribution in [0, 0.1) is 5.92 Å². The molecule has 0 aliphatic carbocycles. The van der Waals surface area contributed by atoms with E-state index in [2.05, 4.69) is 37.6 Å². The van der Waals surface area contributed by atoms with Crippen molar-refractivity contribution in [1.29, 1.82) is 0 Å². The molecule has 0 saturated carbocycles. The van der Waals surface area contributed by atoms with E-state index in [1.54, 1.807) is 0 Å². The largest absolute Gasteiger partial charge is 0.311 e. The van der Waals surface area contributed by atoms with Gasteiger partial charge < -0.3 is 5.32 Å². The molecule has 88 valence electrons. The van der Waals surface area contributed by atoms with Gasteiger partial charge in [-0.25, -0.2) is 0 Å². The Hall–Kier alpha value is -0.340. The quantitative estimate of drug-likeness (QED) is 0.700. The van der Waals surface area contributed by atoms with Crippen LogP contribution in [0.2, 0.25) is 0 Å². The maximum Gasteiger partial charge on any atom is 0.0221 e. The van der Waals surface area contributed by atoms with E-state index in [1.165, 1.54) is 19.5 Å². The maximum atomic E-state index is 3.82. The van der Waals surface area contributed by atoms with Gasteiger partial charge in [0, 0.05) is 31.7 Å². The van der Waals surface area contributed by atoms with Crippen molar-refractivity contribution in [2.45, 2.75) is 45.7 Å². The monoisotopic (exact) mass is 210 g/mol. The molecule has 2 heteroatoms. The molecule has 1 saturated heterocycles. The van der Waals surface area contributed by atoms with E-state index >= 15 is 0 Å². The smallest absolute Gasteiger partial charge is 0.0221 e. The van der Waals surface area contributed by atoms with Crippen LogP contribution in [0.5, 0.6) is 0 Å². The van der Waals surface area contributed by atoms with E-state index in [9.17, 15) is 0 Å². The predicted molar refractivity (Wildman–Crippen MR) is 67.1 cm³/mol. The summed E-state index contributed by atoms with van der Waals surface area (Å²) >= 11 is 0. The highest BCUT2D eigenvalue weighted by atomic mass is 15.2. The first-order valence-corrected chi connectivity index (χ1v) is 6.27. The molecule has 0 bridgehead atoms. The molecule has 1 aliphatic heterocycles. The zero-order valence-corrected chi connectivity index (χ0v) is 10.5. The van der Waals surface area contributed by atoms with Crippen molar-refractivity contribution in [1.82, 2.24) is 10.2 Å². The summed E-state index contributed by atoms with van der Waals surface area (Å²) in [7, 11) is 0. The average molecular weight is 210 g/mol. The van der Waals surface area contributed by atoms with Crippen molar-refractivity contribution in [2.24, 2.45) is 5.92 Å². The van der Waals surface area contributed by atoms with Crippen molar-refractivity contribution < 1.29 is 0 Å². The fourth-order valence-corrected chi connectivity index (χ4v) is 2.26. The van der Waals surface area contributed by atoms with Crippen LogP contribution in [-0.2, 0) is 0 Å². The third kappa shape index (κ3) is 3.62. The van der Waals surface area contributed by atoms with Gasteiger partial charge in [0.25, 0.3) is 0 Å². The zero-order chi connectivity index (χ0) is 11.3. The lowest BCUT2D eigenvalue weighted by molar-refractivity contribution is 0.131. The molecule has 0 amide bonds. The van der Waals surface area contributed by atoms with Gasteiger partial charge in [-0.05, 0) is 19.3 Å². The fraction of sp³-hybridized carbons (Fsp3) is 0.846. The molecule has 0 aromatic heterocycles. The number of hydrogen-bond donors (Lipinski definition) is 1. The van der Waals surface area contributed by atoms with E-state index in [-0.39, 0.29) is 0 Å². The second-order valence-electron chi connectivity index (χ2n) is 4.81. The minimum absolute atomic E-state index is 0.649. The van der Waals surface area contributed by atoms with E-state index in [1.807, 2.05) is 6.08 Å². The number of nitrogens with zero attached hydrogens (tertiary/aromatic N) is 1. The number of piperazine rings is 1. The highest BCUT2D eigenvalue weighted by Gasteiger charge is 2.25. The molecule has 0 spiro atoms. The highest BCUT2D eigenvalue weighted by molar-refractivity contribution is 4.86. The molecule has 1 aliphatic rings. The second-order valence-corrected chi connectivity index (χ2v) is 4.81. The van der Waals surface area contributed by atoms with Gasteiger partial charge in [-0.2, -0.15) is 0 Å². The van der Waals surface area contributed by atoms with Crippen molar-refractivity contribution in [3.8, 4) is 0 Å². The normalized spacial score (nSPS) is 27.3. The van der Waals surface area contributed by atoms with E-state index in [4.69, 9.17) is 0 Å². The molecule has 1 rings (SSSR count). The summed E-state index contributed by atoms with van der Waals surface area (Å²) in [5, 5.41) is 3.63. The molecule has 1 heterocycles. The van der Waals surface area contributed by atoms with Crippen LogP contribution in [0.15, 0.2) is 12.7 Å². The van der Waals surface area contributed by atoms with Gasteiger partial charge in [-0.3, -0.25) is 4.90 Å². The van der Waals surface area contributed by atoms with Crippen LogP contribution in [0.3, 0.4) is 0 Å². The number of rotatable bonds is 5. The molecule has 3 atom stereocenters. The Morgan fingerprint density at radius 3 is 2.87 bits per heavy atom. The minimum atomic E-state index is 0.649. The molecule has 1 fully saturated rings. The molecule has 0 aromatic rings. The Labute approximate surface area is 94.7 Å². The van der Waals surface area contributed by atoms with Crippen LogP contribution in [0.4, 0.5) is 0 Å². The Kier molecular flexibility index (Phi) is 5.34. The molecule has 1 N–H and O–H groups in total. The van der Waals surface area contributed by atoms with Crippen molar-refractivity contribution in [2.75, 3.05) is 19.6 Å². The molecule has 0 aromatic carbocycles. The maximum absolute atomic E-state index is 3.82. The van der Waals surface area contributed by atoms with Gasteiger partial charge in [0.1, 0.15) is 0 Å². The van der Waals surface area contributed by atoms with Crippen LogP contribution in [0.25, 0.3) is 0 Å². The van der Waals surface area contributed by atoms with Crippen LogP contribution in [0.1, 0.15) is 33.6 Å². The first kappa shape index (κ1) is 12.7. The summed E-state index contributed by atoms with van der Waals surface area (Å²) in [6.07, 6.45) is 4.40. The van der Waals surface area contributed by atoms with Crippen molar-refractivity contribution in [3.05, 3.63) is 12.7 Å². The summed E-state index contributed by atoms with van der Waals surface area (Å²) in [5.74, 6) is 0.781. The Morgan fingerprint density at radius 2 is 2.27 bits per heavy atom. The van der Waals surface area contributed by atoms with E-state index in [0.29, 0.717) is 12.1 Å². The molecular weight excluding hydrogens is 184 g/mol. The zero-order valence-electron chi connectivity index (χ0n) is 10.5. The predicted octanol–water partition coefficient (Wildman–Crippen LogP) is 2.27. The second kappa shape index (κ2) is 6.29. The van der Waals surface area contributed by atoms with Gasteiger partial charge in [0.05, 0.1) is 0 Å². The summed E-state index contributed by atoms with van der Waals surface area (Å²) in [6, 6.07) is 1.33. The van der Waals surface area contributed by atoms with E-state index < -0.39 is 0 Å². The lowest BCUT2D eigenvalue weighted by atomic mass is 9.96. The topological polar surface area (TPSA) is 15.3 Å². The minimum Gasteiger partial charge on any atom is -0.311 e. The highest BCUT2D eigenvalue weighted by Crippen LogP contribution is 2.15. The molecule has 3 unspecified atom stereocenters. The van der Waals surface area contributed by atoms with Crippen LogP contribution in [-0.4, -0.2) is 36.6 Å². The van der Waals surface area contributed by atoms with Gasteiger partial charge in [0.2, 0.25) is 0 Å². The van der Waals surface area contributed by atoms with Crippen molar-refractivity contribution in [3.63, 3.8) is 0 Å².